The third-order valence-corrected chi connectivity index (χ3v) is 6.11. The summed E-state index contributed by atoms with van der Waals surface area (Å²) < 4.78 is 8.69. The molecule has 0 radical (unpaired) electrons. The number of aromatic nitrogens is 2. The van der Waals surface area contributed by atoms with Gasteiger partial charge in [0.05, 0.1) is 32.6 Å². The zero-order valence-electron chi connectivity index (χ0n) is 14.6. The van der Waals surface area contributed by atoms with Gasteiger partial charge in [0, 0.05) is 7.05 Å². The summed E-state index contributed by atoms with van der Waals surface area (Å²) in [7, 11) is 1.84. The molecule has 0 unspecified atom stereocenters. The molecule has 27 heavy (non-hydrogen) atoms. The first kappa shape index (κ1) is 17.6. The Balaban J connectivity index is 1.74. The number of para-hydroxylation sites is 1. The molecule has 2 aromatic carbocycles. The first-order valence-electron chi connectivity index (χ1n) is 8.28. The molecule has 0 aliphatic heterocycles. The second-order valence-corrected chi connectivity index (χ2v) is 7.79. The minimum Gasteiger partial charge on any atom is -0.462 e. The molecule has 0 fully saturated rings. The SMILES string of the molecule is CCOC(=O)c1ccc2c(c1)sc(=NC(=O)c1nc3ccccc3s1)n2C. The van der Waals surface area contributed by atoms with Gasteiger partial charge in [-0.05, 0) is 37.3 Å². The number of ether oxygens (including phenoxy) is 1. The highest BCUT2D eigenvalue weighted by atomic mass is 32.1. The summed E-state index contributed by atoms with van der Waals surface area (Å²) in [6.45, 7) is 2.10. The van der Waals surface area contributed by atoms with Crippen molar-refractivity contribution in [2.24, 2.45) is 12.0 Å². The maximum Gasteiger partial charge on any atom is 0.338 e. The minimum absolute atomic E-state index is 0.326. The standard InChI is InChI=1S/C19H15N3O3S2/c1-3-25-18(24)11-8-9-13-15(10-11)27-19(22(13)2)21-16(23)17-20-12-6-4-5-7-14(12)26-17/h4-10H,3H2,1-2H3. The highest BCUT2D eigenvalue weighted by Crippen LogP contribution is 2.23. The summed E-state index contributed by atoms with van der Waals surface area (Å²) in [5, 5.41) is 0.362. The van der Waals surface area contributed by atoms with Gasteiger partial charge < -0.3 is 9.30 Å². The van der Waals surface area contributed by atoms with Crippen LogP contribution in [0, 0.1) is 0 Å². The van der Waals surface area contributed by atoms with Crippen LogP contribution in [0.25, 0.3) is 20.4 Å². The molecule has 0 aliphatic rings. The van der Waals surface area contributed by atoms with E-state index in [1.807, 2.05) is 41.9 Å². The molecular formula is C19H15N3O3S2. The molecule has 0 aliphatic carbocycles. The lowest BCUT2D eigenvalue weighted by Gasteiger charge is -2.01. The number of thiazole rings is 2. The molecule has 4 aromatic rings. The summed E-state index contributed by atoms with van der Waals surface area (Å²) in [6, 6.07) is 12.9. The van der Waals surface area contributed by atoms with Crippen LogP contribution in [0.3, 0.4) is 0 Å². The maximum atomic E-state index is 12.6. The smallest absolute Gasteiger partial charge is 0.338 e. The highest BCUT2D eigenvalue weighted by molar-refractivity contribution is 7.20. The molecule has 1 amide bonds. The van der Waals surface area contributed by atoms with Crippen molar-refractivity contribution in [3.05, 3.63) is 57.8 Å². The number of esters is 1. The van der Waals surface area contributed by atoms with Crippen LogP contribution >= 0.6 is 22.7 Å². The van der Waals surface area contributed by atoms with E-state index in [1.54, 1.807) is 19.1 Å². The Kier molecular flexibility index (Phi) is 4.59. The second-order valence-electron chi connectivity index (χ2n) is 5.75. The summed E-state index contributed by atoms with van der Waals surface area (Å²) in [5.74, 6) is -0.733. The van der Waals surface area contributed by atoms with Crippen molar-refractivity contribution in [2.45, 2.75) is 6.92 Å². The first-order valence-corrected chi connectivity index (χ1v) is 9.91. The third kappa shape index (κ3) is 3.29. The minimum atomic E-state index is -0.371. The average Bonchev–Trinajstić information content (AvgIpc) is 3.23. The third-order valence-electron chi connectivity index (χ3n) is 3.99. The molecule has 2 aromatic heterocycles. The number of amides is 1. The number of fused-ring (bicyclic) bond motifs is 2. The van der Waals surface area contributed by atoms with Gasteiger partial charge >= 0.3 is 11.9 Å². The van der Waals surface area contributed by atoms with E-state index in [-0.39, 0.29) is 11.9 Å². The van der Waals surface area contributed by atoms with E-state index in [0.717, 1.165) is 20.4 Å². The second kappa shape index (κ2) is 7.05. The van der Waals surface area contributed by atoms with Crippen LogP contribution in [0.1, 0.15) is 27.1 Å². The van der Waals surface area contributed by atoms with E-state index in [1.165, 1.54) is 22.7 Å². The number of carbonyl (C=O) groups is 2. The van der Waals surface area contributed by atoms with Crippen molar-refractivity contribution in [3.63, 3.8) is 0 Å². The van der Waals surface area contributed by atoms with E-state index >= 15 is 0 Å². The van der Waals surface area contributed by atoms with Crippen molar-refractivity contribution in [2.75, 3.05) is 6.61 Å². The summed E-state index contributed by atoms with van der Waals surface area (Å²) in [5.41, 5.74) is 2.17. The molecule has 6 nitrogen and oxygen atoms in total. The Morgan fingerprint density at radius 1 is 1.15 bits per heavy atom. The molecule has 0 N–H and O–H groups in total. The van der Waals surface area contributed by atoms with Gasteiger partial charge in [-0.25, -0.2) is 9.78 Å². The van der Waals surface area contributed by atoms with Crippen molar-refractivity contribution in [1.29, 1.82) is 0 Å². The van der Waals surface area contributed by atoms with Crippen LogP contribution in [-0.2, 0) is 11.8 Å². The molecule has 4 rings (SSSR count). The van der Waals surface area contributed by atoms with Gasteiger partial charge in [0.25, 0.3) is 0 Å². The number of hydrogen-bond acceptors (Lipinski definition) is 6. The Hall–Kier alpha value is -2.84. The van der Waals surface area contributed by atoms with E-state index in [2.05, 4.69) is 9.98 Å². The quantitative estimate of drug-likeness (QED) is 0.493. The predicted molar refractivity (Wildman–Crippen MR) is 106 cm³/mol. The van der Waals surface area contributed by atoms with Crippen molar-refractivity contribution in [3.8, 4) is 0 Å². The van der Waals surface area contributed by atoms with Crippen molar-refractivity contribution < 1.29 is 14.3 Å². The Bertz CT molecular complexity index is 1220. The fraction of sp³-hybridized carbons (Fsp3) is 0.158. The summed E-state index contributed by atoms with van der Waals surface area (Å²) in [4.78, 5) is 33.7. The van der Waals surface area contributed by atoms with Gasteiger partial charge in [0.1, 0.15) is 0 Å². The number of aryl methyl sites for hydroxylation is 1. The molecule has 0 bridgehead atoms. The fourth-order valence-corrected chi connectivity index (χ4v) is 4.59. The lowest BCUT2D eigenvalue weighted by atomic mass is 10.2. The van der Waals surface area contributed by atoms with Gasteiger partial charge in [-0.1, -0.05) is 23.5 Å². The Morgan fingerprint density at radius 3 is 2.74 bits per heavy atom. The summed E-state index contributed by atoms with van der Waals surface area (Å²) in [6.07, 6.45) is 0. The molecule has 2 heterocycles. The first-order chi connectivity index (χ1) is 13.1. The molecule has 136 valence electrons. The Labute approximate surface area is 162 Å². The van der Waals surface area contributed by atoms with E-state index in [0.29, 0.717) is 22.0 Å². The molecule has 8 heteroatoms. The van der Waals surface area contributed by atoms with Gasteiger partial charge in [0.2, 0.25) is 0 Å². The molecule has 0 saturated heterocycles. The predicted octanol–water partition coefficient (Wildman–Crippen LogP) is 3.77. The number of hydrogen-bond donors (Lipinski definition) is 0. The highest BCUT2D eigenvalue weighted by Gasteiger charge is 2.14. The number of benzene rings is 2. The van der Waals surface area contributed by atoms with Gasteiger partial charge in [-0.15, -0.1) is 11.3 Å². The van der Waals surface area contributed by atoms with E-state index in [4.69, 9.17) is 4.74 Å². The normalized spacial score (nSPS) is 12.0. The number of nitrogens with zero attached hydrogens (tertiary/aromatic N) is 3. The average molecular weight is 397 g/mol. The monoisotopic (exact) mass is 397 g/mol. The van der Waals surface area contributed by atoms with Crippen LogP contribution in [0.2, 0.25) is 0 Å². The van der Waals surface area contributed by atoms with Crippen LogP contribution in [0.15, 0.2) is 47.5 Å². The molecular weight excluding hydrogens is 382 g/mol. The molecule has 0 saturated carbocycles. The van der Waals surface area contributed by atoms with Gasteiger partial charge in [-0.3, -0.25) is 4.79 Å². The van der Waals surface area contributed by atoms with Crippen LogP contribution in [0.4, 0.5) is 0 Å². The molecule has 0 spiro atoms. The Morgan fingerprint density at radius 2 is 1.96 bits per heavy atom. The van der Waals surface area contributed by atoms with Crippen LogP contribution < -0.4 is 4.80 Å². The van der Waals surface area contributed by atoms with E-state index in [9.17, 15) is 9.59 Å². The lowest BCUT2D eigenvalue weighted by molar-refractivity contribution is 0.0526. The summed E-state index contributed by atoms with van der Waals surface area (Å²) >= 11 is 2.68. The lowest BCUT2D eigenvalue weighted by Crippen LogP contribution is -2.13. The van der Waals surface area contributed by atoms with Crippen LogP contribution in [0.5, 0.6) is 0 Å². The largest absolute Gasteiger partial charge is 0.462 e. The zero-order valence-corrected chi connectivity index (χ0v) is 16.3. The van der Waals surface area contributed by atoms with Gasteiger partial charge in [-0.2, -0.15) is 4.99 Å². The van der Waals surface area contributed by atoms with E-state index < -0.39 is 0 Å². The van der Waals surface area contributed by atoms with Gasteiger partial charge in [0.15, 0.2) is 9.81 Å². The topological polar surface area (TPSA) is 73.6 Å². The number of carbonyl (C=O) groups excluding carboxylic acids is 2. The maximum absolute atomic E-state index is 12.6. The number of rotatable bonds is 3. The van der Waals surface area contributed by atoms with Crippen molar-refractivity contribution >= 4 is 55.0 Å². The molecule has 0 atom stereocenters. The van der Waals surface area contributed by atoms with Crippen LogP contribution in [-0.4, -0.2) is 28.0 Å². The fourth-order valence-electron chi connectivity index (χ4n) is 2.68. The zero-order chi connectivity index (χ0) is 19.0. The van der Waals surface area contributed by atoms with Crippen molar-refractivity contribution in [1.82, 2.24) is 9.55 Å².